The number of nitrogens with zero attached hydrogens (tertiary/aromatic N) is 3. The summed E-state index contributed by atoms with van der Waals surface area (Å²) < 4.78 is 14.7. The SMILES string of the molecule is CN=C(NCCc1ccc(F)cc1)NCCn1cccn1. The molecule has 1 aromatic heterocycles. The third-order valence-electron chi connectivity index (χ3n) is 3.04. The van der Waals surface area contributed by atoms with Gasteiger partial charge in [-0.3, -0.25) is 9.67 Å². The first kappa shape index (κ1) is 15.0. The van der Waals surface area contributed by atoms with E-state index in [4.69, 9.17) is 0 Å². The number of hydrogen-bond donors (Lipinski definition) is 2. The van der Waals surface area contributed by atoms with E-state index in [1.54, 1.807) is 25.4 Å². The van der Waals surface area contributed by atoms with Crippen molar-refractivity contribution in [2.45, 2.75) is 13.0 Å². The van der Waals surface area contributed by atoms with E-state index in [9.17, 15) is 4.39 Å². The van der Waals surface area contributed by atoms with Crippen molar-refractivity contribution in [1.29, 1.82) is 0 Å². The molecule has 0 saturated carbocycles. The second kappa shape index (κ2) is 8.04. The maximum atomic E-state index is 12.8. The maximum Gasteiger partial charge on any atom is 0.191 e. The van der Waals surface area contributed by atoms with Crippen LogP contribution >= 0.6 is 0 Å². The number of guanidine groups is 1. The normalized spacial score (nSPS) is 11.4. The molecule has 0 aliphatic carbocycles. The van der Waals surface area contributed by atoms with Crippen molar-refractivity contribution in [3.05, 3.63) is 54.1 Å². The van der Waals surface area contributed by atoms with E-state index in [-0.39, 0.29) is 5.82 Å². The van der Waals surface area contributed by atoms with E-state index in [2.05, 4.69) is 20.7 Å². The van der Waals surface area contributed by atoms with Gasteiger partial charge in [0.15, 0.2) is 5.96 Å². The van der Waals surface area contributed by atoms with Crippen LogP contribution in [0.15, 0.2) is 47.7 Å². The average Bonchev–Trinajstić information content (AvgIpc) is 3.01. The van der Waals surface area contributed by atoms with Gasteiger partial charge < -0.3 is 10.6 Å². The zero-order valence-corrected chi connectivity index (χ0v) is 12.1. The summed E-state index contributed by atoms with van der Waals surface area (Å²) in [5.74, 6) is 0.548. The first-order valence-electron chi connectivity index (χ1n) is 6.94. The summed E-state index contributed by atoms with van der Waals surface area (Å²) in [7, 11) is 1.74. The van der Waals surface area contributed by atoms with Crippen LogP contribution in [0.5, 0.6) is 0 Å². The van der Waals surface area contributed by atoms with Gasteiger partial charge in [0, 0.05) is 32.5 Å². The van der Waals surface area contributed by atoms with E-state index < -0.39 is 0 Å². The van der Waals surface area contributed by atoms with Crippen LogP contribution in [0.25, 0.3) is 0 Å². The van der Waals surface area contributed by atoms with E-state index >= 15 is 0 Å². The van der Waals surface area contributed by atoms with Gasteiger partial charge in [0.25, 0.3) is 0 Å². The molecule has 2 aromatic rings. The van der Waals surface area contributed by atoms with Gasteiger partial charge >= 0.3 is 0 Å². The van der Waals surface area contributed by atoms with Gasteiger partial charge in [-0.1, -0.05) is 12.1 Å². The van der Waals surface area contributed by atoms with Crippen LogP contribution < -0.4 is 10.6 Å². The second-order valence-electron chi connectivity index (χ2n) is 4.57. The van der Waals surface area contributed by atoms with Crippen LogP contribution in [0.2, 0.25) is 0 Å². The fraction of sp³-hybridized carbons (Fsp3) is 0.333. The molecule has 112 valence electrons. The first-order valence-corrected chi connectivity index (χ1v) is 6.94. The highest BCUT2D eigenvalue weighted by Gasteiger charge is 1.98. The minimum atomic E-state index is -0.206. The second-order valence-corrected chi connectivity index (χ2v) is 4.57. The number of hydrogen-bond acceptors (Lipinski definition) is 2. The van der Waals surface area contributed by atoms with Gasteiger partial charge in [-0.05, 0) is 30.2 Å². The quantitative estimate of drug-likeness (QED) is 0.625. The Kier molecular flexibility index (Phi) is 5.75. The Morgan fingerprint density at radius 3 is 2.67 bits per heavy atom. The molecule has 0 amide bonds. The number of rotatable bonds is 6. The lowest BCUT2D eigenvalue weighted by Crippen LogP contribution is -2.39. The Balaban J connectivity index is 1.66. The summed E-state index contributed by atoms with van der Waals surface area (Å²) in [6.07, 6.45) is 4.50. The summed E-state index contributed by atoms with van der Waals surface area (Å²) in [4.78, 5) is 4.16. The molecule has 1 heterocycles. The fourth-order valence-corrected chi connectivity index (χ4v) is 1.92. The zero-order valence-electron chi connectivity index (χ0n) is 12.1. The molecule has 0 bridgehead atoms. The molecule has 0 fully saturated rings. The van der Waals surface area contributed by atoms with Gasteiger partial charge in [0.2, 0.25) is 0 Å². The van der Waals surface area contributed by atoms with Crippen molar-refractivity contribution in [1.82, 2.24) is 20.4 Å². The molecule has 1 aromatic carbocycles. The molecule has 5 nitrogen and oxygen atoms in total. The Bertz CT molecular complexity index is 548. The molecule has 0 radical (unpaired) electrons. The third kappa shape index (κ3) is 5.25. The largest absolute Gasteiger partial charge is 0.356 e. The Hall–Kier alpha value is -2.37. The van der Waals surface area contributed by atoms with Crippen LogP contribution in [0.1, 0.15) is 5.56 Å². The summed E-state index contributed by atoms with van der Waals surface area (Å²) >= 11 is 0. The standard InChI is InChI=1S/C15H20FN5/c1-17-15(19-10-12-21-11-2-8-20-21)18-9-7-13-3-5-14(16)6-4-13/h2-6,8,11H,7,9-10,12H2,1H3,(H2,17,18,19). The first-order chi connectivity index (χ1) is 10.3. The van der Waals surface area contributed by atoms with Crippen LogP contribution in [0.4, 0.5) is 4.39 Å². The van der Waals surface area contributed by atoms with E-state index in [1.165, 1.54) is 12.1 Å². The highest BCUT2D eigenvalue weighted by atomic mass is 19.1. The number of benzene rings is 1. The summed E-state index contributed by atoms with van der Waals surface area (Å²) in [6, 6.07) is 8.45. The van der Waals surface area contributed by atoms with Crippen molar-refractivity contribution in [2.75, 3.05) is 20.1 Å². The van der Waals surface area contributed by atoms with E-state index in [1.807, 2.05) is 16.9 Å². The summed E-state index contributed by atoms with van der Waals surface area (Å²) in [5, 5.41) is 10.6. The van der Waals surface area contributed by atoms with E-state index in [0.717, 1.165) is 37.6 Å². The van der Waals surface area contributed by atoms with E-state index in [0.29, 0.717) is 0 Å². The molecule has 0 aliphatic rings. The fourth-order valence-electron chi connectivity index (χ4n) is 1.92. The summed E-state index contributed by atoms with van der Waals surface area (Å²) in [5.41, 5.74) is 1.09. The lowest BCUT2D eigenvalue weighted by Gasteiger charge is -2.12. The molecule has 0 spiro atoms. The predicted molar refractivity (Wildman–Crippen MR) is 81.7 cm³/mol. The maximum absolute atomic E-state index is 12.8. The smallest absolute Gasteiger partial charge is 0.191 e. The lowest BCUT2D eigenvalue weighted by atomic mass is 10.1. The minimum Gasteiger partial charge on any atom is -0.356 e. The van der Waals surface area contributed by atoms with Crippen LogP contribution in [0.3, 0.4) is 0 Å². The van der Waals surface area contributed by atoms with Crippen LogP contribution in [-0.4, -0.2) is 35.9 Å². The van der Waals surface area contributed by atoms with Crippen LogP contribution in [0, 0.1) is 5.82 Å². The van der Waals surface area contributed by atoms with Gasteiger partial charge in [0.1, 0.15) is 5.82 Å². The van der Waals surface area contributed by atoms with Crippen molar-refractivity contribution in [3.8, 4) is 0 Å². The number of aliphatic imine (C=N–C) groups is 1. The molecule has 6 heteroatoms. The number of aromatic nitrogens is 2. The monoisotopic (exact) mass is 289 g/mol. The third-order valence-corrected chi connectivity index (χ3v) is 3.04. The predicted octanol–water partition coefficient (Wildman–Crippen LogP) is 1.43. The van der Waals surface area contributed by atoms with Crippen molar-refractivity contribution >= 4 is 5.96 Å². The number of halogens is 1. The highest BCUT2D eigenvalue weighted by Crippen LogP contribution is 2.02. The van der Waals surface area contributed by atoms with Gasteiger partial charge in [-0.15, -0.1) is 0 Å². The molecule has 0 aliphatic heterocycles. The molecular formula is C15H20FN5. The zero-order chi connectivity index (χ0) is 14.9. The molecule has 0 unspecified atom stereocenters. The molecule has 0 atom stereocenters. The Morgan fingerprint density at radius 2 is 2.00 bits per heavy atom. The van der Waals surface area contributed by atoms with Crippen molar-refractivity contribution in [3.63, 3.8) is 0 Å². The lowest BCUT2D eigenvalue weighted by molar-refractivity contribution is 0.597. The molecule has 21 heavy (non-hydrogen) atoms. The van der Waals surface area contributed by atoms with Crippen LogP contribution in [-0.2, 0) is 13.0 Å². The topological polar surface area (TPSA) is 54.2 Å². The Morgan fingerprint density at radius 1 is 1.24 bits per heavy atom. The summed E-state index contributed by atoms with van der Waals surface area (Å²) in [6.45, 7) is 2.27. The molecule has 0 saturated heterocycles. The molecule has 2 N–H and O–H groups in total. The molecule has 2 rings (SSSR count). The average molecular weight is 289 g/mol. The number of nitrogens with one attached hydrogen (secondary N) is 2. The Labute approximate surface area is 123 Å². The van der Waals surface area contributed by atoms with Gasteiger partial charge in [-0.25, -0.2) is 4.39 Å². The van der Waals surface area contributed by atoms with Gasteiger partial charge in [0.05, 0.1) is 6.54 Å². The van der Waals surface area contributed by atoms with Crippen molar-refractivity contribution < 1.29 is 4.39 Å². The van der Waals surface area contributed by atoms with Gasteiger partial charge in [-0.2, -0.15) is 5.10 Å². The minimum absolute atomic E-state index is 0.206. The van der Waals surface area contributed by atoms with Crippen molar-refractivity contribution in [2.24, 2.45) is 4.99 Å². The molecular weight excluding hydrogens is 269 g/mol. The highest BCUT2D eigenvalue weighted by molar-refractivity contribution is 5.79.